The van der Waals surface area contributed by atoms with Gasteiger partial charge in [0.15, 0.2) is 0 Å². The van der Waals surface area contributed by atoms with Crippen molar-refractivity contribution >= 4 is 11.8 Å². The van der Waals surface area contributed by atoms with Crippen molar-refractivity contribution in [3.8, 4) is 0 Å². The molecule has 9 heteroatoms. The Morgan fingerprint density at radius 2 is 2.19 bits per heavy atom. The van der Waals surface area contributed by atoms with Gasteiger partial charge in [0.05, 0.1) is 24.3 Å². The van der Waals surface area contributed by atoms with Gasteiger partial charge in [-0.1, -0.05) is 11.2 Å². The predicted molar refractivity (Wildman–Crippen MR) is 133 cm³/mol. The summed E-state index contributed by atoms with van der Waals surface area (Å²) in [6.07, 6.45) is 8.05. The number of nitrogens with zero attached hydrogens (tertiary/aromatic N) is 4. The predicted octanol–water partition coefficient (Wildman–Crippen LogP) is 2.87. The van der Waals surface area contributed by atoms with E-state index in [1.165, 1.54) is 6.20 Å². The maximum absolute atomic E-state index is 14.4. The molecule has 3 aliphatic heterocycles. The van der Waals surface area contributed by atoms with E-state index in [-0.39, 0.29) is 29.6 Å². The topological polar surface area (TPSA) is 98.0 Å². The summed E-state index contributed by atoms with van der Waals surface area (Å²) in [5.74, 6) is 1.25. The van der Waals surface area contributed by atoms with Crippen molar-refractivity contribution in [1.29, 1.82) is 0 Å². The fourth-order valence-electron chi connectivity index (χ4n) is 7.40. The van der Waals surface area contributed by atoms with E-state index in [2.05, 4.69) is 16.2 Å². The second-order valence-corrected chi connectivity index (χ2v) is 11.4. The van der Waals surface area contributed by atoms with Crippen LogP contribution in [0.5, 0.6) is 0 Å². The number of aryl methyl sites for hydroxylation is 1. The Bertz CT molecular complexity index is 1150. The van der Waals surface area contributed by atoms with Crippen molar-refractivity contribution in [3.63, 3.8) is 0 Å². The van der Waals surface area contributed by atoms with Crippen LogP contribution >= 0.6 is 0 Å². The first-order chi connectivity index (χ1) is 18.0. The molecule has 37 heavy (non-hydrogen) atoms. The molecule has 0 aromatic carbocycles. The number of hydrogen-bond acceptors (Lipinski definition) is 7. The number of fused-ring (bicyclic) bond motifs is 2. The van der Waals surface area contributed by atoms with Crippen LogP contribution in [0.3, 0.4) is 0 Å². The largest absolute Gasteiger partial charge is 0.379 e. The molecule has 0 spiro atoms. The lowest BCUT2D eigenvalue weighted by atomic mass is 9.78. The fourth-order valence-corrected chi connectivity index (χ4v) is 7.40. The molecule has 1 aliphatic carbocycles. The molecule has 5 atom stereocenters. The highest BCUT2D eigenvalue weighted by Crippen LogP contribution is 2.54. The molecule has 9 nitrogen and oxygen atoms in total. The second-order valence-electron chi connectivity index (χ2n) is 11.4. The summed E-state index contributed by atoms with van der Waals surface area (Å²) in [5.41, 5.74) is 2.77. The number of hydrogen-bond donors (Lipinski definition) is 0. The highest BCUT2D eigenvalue weighted by atomic mass is 16.5. The Balaban J connectivity index is 1.24. The standard InChI is InChI=1S/C28H36N4O5/c1-18-9-21-14-31(7-4-23(21)29-13-18)27(34)28-12-19(10-20-5-8-36-16-25(20)35-2)11-22(28)15-32(17-28)26(33)24-3-6-30-37-24/h3,6,9,13,19-20,22,25H,4-5,7-8,10-12,14-17H2,1-2H3/t19-,20?,22+,25?,28+/m1/s1. The minimum Gasteiger partial charge on any atom is -0.379 e. The first-order valence-electron chi connectivity index (χ1n) is 13.5. The molecule has 2 aromatic rings. The number of pyridine rings is 1. The number of carbonyl (C=O) groups excluding carboxylic acids is 2. The number of methoxy groups -OCH3 is 1. The van der Waals surface area contributed by atoms with Gasteiger partial charge in [0, 0.05) is 64.3 Å². The molecular formula is C28H36N4O5. The van der Waals surface area contributed by atoms with Crippen LogP contribution in [0.4, 0.5) is 0 Å². The summed E-state index contributed by atoms with van der Waals surface area (Å²) in [6, 6.07) is 3.75. The number of ether oxygens (including phenoxy) is 2. The summed E-state index contributed by atoms with van der Waals surface area (Å²) in [6.45, 7) is 5.72. The van der Waals surface area contributed by atoms with Crippen molar-refractivity contribution < 1.29 is 23.6 Å². The summed E-state index contributed by atoms with van der Waals surface area (Å²) in [4.78, 5) is 36.0. The van der Waals surface area contributed by atoms with E-state index >= 15 is 0 Å². The van der Waals surface area contributed by atoms with E-state index in [0.717, 1.165) is 55.5 Å². The van der Waals surface area contributed by atoms with Crippen LogP contribution in [0.15, 0.2) is 29.0 Å². The van der Waals surface area contributed by atoms with Gasteiger partial charge in [-0.3, -0.25) is 14.6 Å². The van der Waals surface area contributed by atoms with Gasteiger partial charge in [0.2, 0.25) is 11.7 Å². The molecule has 0 N–H and O–H groups in total. The zero-order chi connectivity index (χ0) is 25.6. The quantitative estimate of drug-likeness (QED) is 0.613. The third kappa shape index (κ3) is 4.46. The zero-order valence-electron chi connectivity index (χ0n) is 21.7. The highest BCUT2D eigenvalue weighted by molar-refractivity contribution is 5.93. The van der Waals surface area contributed by atoms with Crippen LogP contribution in [0.1, 0.15) is 53.1 Å². The molecule has 1 saturated carbocycles. The Morgan fingerprint density at radius 1 is 1.30 bits per heavy atom. The van der Waals surface area contributed by atoms with Gasteiger partial charge in [-0.2, -0.15) is 0 Å². The summed E-state index contributed by atoms with van der Waals surface area (Å²) < 4.78 is 16.5. The van der Waals surface area contributed by atoms with E-state index in [0.29, 0.717) is 44.6 Å². The number of rotatable bonds is 5. The average Bonchev–Trinajstić information content (AvgIpc) is 3.63. The maximum atomic E-state index is 14.4. The normalized spacial score (nSPS) is 31.3. The molecular weight excluding hydrogens is 472 g/mol. The number of amides is 2. The molecule has 3 fully saturated rings. The Morgan fingerprint density at radius 3 is 3.00 bits per heavy atom. The van der Waals surface area contributed by atoms with Gasteiger partial charge in [-0.15, -0.1) is 0 Å². The summed E-state index contributed by atoms with van der Waals surface area (Å²) in [7, 11) is 1.76. The van der Waals surface area contributed by atoms with Crippen molar-refractivity contribution in [2.45, 2.75) is 51.7 Å². The third-order valence-corrected chi connectivity index (χ3v) is 9.17. The lowest BCUT2D eigenvalue weighted by Gasteiger charge is -2.37. The van der Waals surface area contributed by atoms with Crippen LogP contribution in [0.25, 0.3) is 0 Å². The van der Waals surface area contributed by atoms with E-state index < -0.39 is 5.41 Å². The summed E-state index contributed by atoms with van der Waals surface area (Å²) >= 11 is 0. The van der Waals surface area contributed by atoms with E-state index in [9.17, 15) is 9.59 Å². The van der Waals surface area contributed by atoms with Gasteiger partial charge in [-0.05, 0) is 61.5 Å². The molecule has 0 bridgehead atoms. The second kappa shape index (κ2) is 9.83. The minimum absolute atomic E-state index is 0.111. The fraction of sp³-hybridized carbons (Fsp3) is 0.643. The van der Waals surface area contributed by atoms with Crippen LogP contribution in [-0.2, 0) is 27.2 Å². The zero-order valence-corrected chi connectivity index (χ0v) is 21.7. The van der Waals surface area contributed by atoms with Crippen LogP contribution in [-0.4, -0.2) is 77.8 Å². The Labute approximate surface area is 217 Å². The van der Waals surface area contributed by atoms with Gasteiger partial charge < -0.3 is 23.8 Å². The van der Waals surface area contributed by atoms with E-state index in [4.69, 9.17) is 14.0 Å². The first kappa shape index (κ1) is 24.6. The van der Waals surface area contributed by atoms with Crippen molar-refractivity contribution in [3.05, 3.63) is 47.1 Å². The molecule has 2 amide bonds. The first-order valence-corrected chi connectivity index (χ1v) is 13.5. The highest BCUT2D eigenvalue weighted by Gasteiger charge is 2.59. The molecule has 2 saturated heterocycles. The minimum atomic E-state index is -0.567. The third-order valence-electron chi connectivity index (χ3n) is 9.17. The maximum Gasteiger partial charge on any atom is 0.292 e. The molecule has 6 rings (SSSR count). The SMILES string of the molecule is COC1COCCC1C[C@@H]1C[C@H]2CN(C(=O)c3ccno3)C[C@@]2(C(=O)N2CCc3ncc(C)cc3C2)C1. The molecule has 0 radical (unpaired) electrons. The van der Waals surface area contributed by atoms with Crippen molar-refractivity contribution in [2.75, 3.05) is 40.0 Å². The lowest BCUT2D eigenvalue weighted by Crippen LogP contribution is -2.49. The number of likely N-dealkylation sites (tertiary alicyclic amines) is 1. The molecule has 198 valence electrons. The molecule has 2 aromatic heterocycles. The van der Waals surface area contributed by atoms with Crippen LogP contribution in [0, 0.1) is 30.1 Å². The van der Waals surface area contributed by atoms with E-state index in [1.807, 2.05) is 22.9 Å². The van der Waals surface area contributed by atoms with Gasteiger partial charge >= 0.3 is 0 Å². The monoisotopic (exact) mass is 508 g/mol. The number of carbonyl (C=O) groups is 2. The van der Waals surface area contributed by atoms with Gasteiger partial charge in [0.25, 0.3) is 5.91 Å². The van der Waals surface area contributed by atoms with Crippen molar-refractivity contribution in [1.82, 2.24) is 19.9 Å². The van der Waals surface area contributed by atoms with Crippen molar-refractivity contribution in [2.24, 2.45) is 23.2 Å². The Hall–Kier alpha value is -2.78. The number of aromatic nitrogens is 2. The molecule has 2 unspecified atom stereocenters. The summed E-state index contributed by atoms with van der Waals surface area (Å²) in [5, 5.41) is 3.71. The lowest BCUT2D eigenvalue weighted by molar-refractivity contribution is -0.144. The average molecular weight is 509 g/mol. The van der Waals surface area contributed by atoms with Gasteiger partial charge in [-0.25, -0.2) is 0 Å². The van der Waals surface area contributed by atoms with Gasteiger partial charge in [0.1, 0.15) is 0 Å². The smallest absolute Gasteiger partial charge is 0.292 e. The Kier molecular flexibility index (Phi) is 6.52. The van der Waals surface area contributed by atoms with E-state index in [1.54, 1.807) is 13.2 Å². The molecule has 5 heterocycles. The molecule has 4 aliphatic rings. The van der Waals surface area contributed by atoms with Crippen LogP contribution in [0.2, 0.25) is 0 Å². The van der Waals surface area contributed by atoms with Crippen LogP contribution < -0.4 is 0 Å².